The third-order valence-electron chi connectivity index (χ3n) is 7.77. The Morgan fingerprint density at radius 3 is 2.24 bits per heavy atom. The number of benzene rings is 3. The van der Waals surface area contributed by atoms with Crippen LogP contribution >= 0.6 is 23.2 Å². The molecule has 0 spiro atoms. The van der Waals surface area contributed by atoms with Gasteiger partial charge in [-0.25, -0.2) is 8.42 Å². The third kappa shape index (κ3) is 8.51. The van der Waals surface area contributed by atoms with E-state index in [0.717, 1.165) is 43.4 Å². The molecule has 0 aromatic heterocycles. The van der Waals surface area contributed by atoms with Crippen LogP contribution in [0.15, 0.2) is 71.6 Å². The minimum Gasteiger partial charge on any atom is -0.352 e. The van der Waals surface area contributed by atoms with Crippen molar-refractivity contribution in [1.82, 2.24) is 10.2 Å². The number of nitrogens with zero attached hydrogens (tertiary/aromatic N) is 2. The summed E-state index contributed by atoms with van der Waals surface area (Å²) >= 11 is 12.3. The number of rotatable bonds is 11. The van der Waals surface area contributed by atoms with Gasteiger partial charge in [-0.2, -0.15) is 13.2 Å². The molecule has 1 N–H and O–H groups in total. The highest BCUT2D eigenvalue weighted by molar-refractivity contribution is 7.92. The molecule has 0 heterocycles. The van der Waals surface area contributed by atoms with Crippen molar-refractivity contribution in [2.75, 3.05) is 10.8 Å². The molecule has 0 radical (unpaired) electrons. The average Bonchev–Trinajstić information content (AvgIpc) is 3.50. The monoisotopic (exact) mass is 683 g/mol. The molecule has 0 saturated heterocycles. The van der Waals surface area contributed by atoms with Crippen molar-refractivity contribution in [3.63, 3.8) is 0 Å². The van der Waals surface area contributed by atoms with Crippen LogP contribution in [0.2, 0.25) is 10.0 Å². The number of carbonyl (C=O) groups excluding carboxylic acids is 2. The van der Waals surface area contributed by atoms with Gasteiger partial charge in [-0.05, 0) is 74.2 Å². The standard InChI is InChI=1S/C32H34Cl2F3N3O4S/c1-3-29(31(42)38-24-8-4-5-9-24)39(19-22-13-16-27(33)28(34)17-22)30(41)20-40(25-10-6-7-23(18-25)32(35,36)37)45(43,44)26-14-11-21(2)12-15-26/h6-7,10-18,24,29H,3-5,8-9,19-20H2,1-2H3,(H,38,42)/t29-/m0/s1. The van der Waals surface area contributed by atoms with Gasteiger partial charge in [0, 0.05) is 12.6 Å². The van der Waals surface area contributed by atoms with E-state index in [2.05, 4.69) is 5.32 Å². The zero-order valence-electron chi connectivity index (χ0n) is 24.8. The van der Waals surface area contributed by atoms with Crippen LogP contribution in [0.5, 0.6) is 0 Å². The first-order valence-corrected chi connectivity index (χ1v) is 16.7. The largest absolute Gasteiger partial charge is 0.416 e. The van der Waals surface area contributed by atoms with Crippen molar-refractivity contribution >= 4 is 50.7 Å². The summed E-state index contributed by atoms with van der Waals surface area (Å²) in [7, 11) is -4.54. The van der Waals surface area contributed by atoms with Gasteiger partial charge in [0.15, 0.2) is 0 Å². The van der Waals surface area contributed by atoms with E-state index in [1.165, 1.54) is 29.2 Å². The summed E-state index contributed by atoms with van der Waals surface area (Å²) in [5.41, 5.74) is -0.136. The van der Waals surface area contributed by atoms with Gasteiger partial charge in [0.1, 0.15) is 12.6 Å². The summed E-state index contributed by atoms with van der Waals surface area (Å²) in [6.45, 7) is 2.48. The fourth-order valence-electron chi connectivity index (χ4n) is 5.33. The van der Waals surface area contributed by atoms with E-state index in [-0.39, 0.29) is 39.6 Å². The number of amides is 2. The molecule has 1 saturated carbocycles. The van der Waals surface area contributed by atoms with Gasteiger partial charge in [0.05, 0.1) is 26.2 Å². The fraction of sp³-hybridized carbons (Fsp3) is 0.375. The quantitative estimate of drug-likeness (QED) is 0.229. The molecule has 0 unspecified atom stereocenters. The molecule has 1 aliphatic carbocycles. The molecule has 3 aromatic rings. The number of hydrogen-bond acceptors (Lipinski definition) is 4. The molecule has 45 heavy (non-hydrogen) atoms. The molecule has 4 rings (SSSR count). The second-order valence-electron chi connectivity index (χ2n) is 11.1. The van der Waals surface area contributed by atoms with E-state index < -0.39 is 46.2 Å². The molecular formula is C32H34Cl2F3N3O4S. The molecule has 242 valence electrons. The average molecular weight is 685 g/mol. The summed E-state index contributed by atoms with van der Waals surface area (Å²) < 4.78 is 69.7. The van der Waals surface area contributed by atoms with Gasteiger partial charge in [-0.1, -0.05) is 72.8 Å². The molecule has 0 aliphatic heterocycles. The first-order valence-electron chi connectivity index (χ1n) is 14.5. The lowest BCUT2D eigenvalue weighted by Crippen LogP contribution is -2.53. The van der Waals surface area contributed by atoms with Gasteiger partial charge in [-0.3, -0.25) is 13.9 Å². The zero-order valence-corrected chi connectivity index (χ0v) is 27.1. The van der Waals surface area contributed by atoms with Gasteiger partial charge < -0.3 is 10.2 Å². The molecule has 3 aromatic carbocycles. The van der Waals surface area contributed by atoms with Crippen molar-refractivity contribution in [3.05, 3.63) is 93.5 Å². The molecule has 7 nitrogen and oxygen atoms in total. The number of alkyl halides is 3. The van der Waals surface area contributed by atoms with Crippen LogP contribution < -0.4 is 9.62 Å². The summed E-state index contributed by atoms with van der Waals surface area (Å²) in [6.07, 6.45) is -1.01. The highest BCUT2D eigenvalue weighted by Crippen LogP contribution is 2.34. The number of anilines is 1. The van der Waals surface area contributed by atoms with E-state index in [1.54, 1.807) is 38.1 Å². The Kier molecular flexibility index (Phi) is 11.1. The van der Waals surface area contributed by atoms with Crippen LogP contribution in [0.3, 0.4) is 0 Å². The molecule has 2 amide bonds. The fourth-order valence-corrected chi connectivity index (χ4v) is 7.05. The van der Waals surface area contributed by atoms with Crippen LogP contribution in [0.25, 0.3) is 0 Å². The minimum absolute atomic E-state index is 0.0444. The van der Waals surface area contributed by atoms with Gasteiger partial charge in [0.2, 0.25) is 11.8 Å². The number of sulfonamides is 1. The Bertz CT molecular complexity index is 1630. The lowest BCUT2D eigenvalue weighted by molar-refractivity contribution is -0.140. The second-order valence-corrected chi connectivity index (χ2v) is 13.7. The van der Waals surface area contributed by atoms with Gasteiger partial charge in [-0.15, -0.1) is 0 Å². The predicted molar refractivity (Wildman–Crippen MR) is 169 cm³/mol. The smallest absolute Gasteiger partial charge is 0.352 e. The van der Waals surface area contributed by atoms with E-state index >= 15 is 0 Å². The van der Waals surface area contributed by atoms with Crippen LogP contribution in [0.1, 0.15) is 55.7 Å². The second kappa shape index (κ2) is 14.4. The number of aryl methyl sites for hydroxylation is 1. The Hall–Kier alpha value is -3.28. The van der Waals surface area contributed by atoms with Crippen molar-refractivity contribution in [2.45, 2.75) is 75.7 Å². The van der Waals surface area contributed by atoms with Crippen LogP contribution in [-0.2, 0) is 32.3 Å². The lowest BCUT2D eigenvalue weighted by atomic mass is 10.1. The normalized spacial score (nSPS) is 14.6. The number of carbonyl (C=O) groups is 2. The highest BCUT2D eigenvalue weighted by atomic mass is 35.5. The number of halogens is 5. The van der Waals surface area contributed by atoms with Crippen LogP contribution in [0.4, 0.5) is 18.9 Å². The van der Waals surface area contributed by atoms with Crippen molar-refractivity contribution in [1.29, 1.82) is 0 Å². The van der Waals surface area contributed by atoms with E-state index in [9.17, 15) is 31.2 Å². The lowest BCUT2D eigenvalue weighted by Gasteiger charge is -2.34. The van der Waals surface area contributed by atoms with E-state index in [1.807, 2.05) is 0 Å². The van der Waals surface area contributed by atoms with Crippen LogP contribution in [-0.4, -0.2) is 43.8 Å². The molecule has 1 aliphatic rings. The maximum atomic E-state index is 14.2. The highest BCUT2D eigenvalue weighted by Gasteiger charge is 2.36. The summed E-state index contributed by atoms with van der Waals surface area (Å²) in [5.74, 6) is -1.19. The molecule has 1 atom stereocenters. The number of hydrogen-bond donors (Lipinski definition) is 1. The predicted octanol–water partition coefficient (Wildman–Crippen LogP) is 7.38. The number of nitrogens with one attached hydrogen (secondary N) is 1. The maximum absolute atomic E-state index is 14.2. The van der Waals surface area contributed by atoms with Crippen molar-refractivity contribution in [3.8, 4) is 0 Å². The Morgan fingerprint density at radius 1 is 0.978 bits per heavy atom. The Labute approximate surface area is 271 Å². The third-order valence-corrected chi connectivity index (χ3v) is 10.3. The maximum Gasteiger partial charge on any atom is 0.416 e. The van der Waals surface area contributed by atoms with Gasteiger partial charge in [0.25, 0.3) is 10.0 Å². The molecular weight excluding hydrogens is 650 g/mol. The van der Waals surface area contributed by atoms with Gasteiger partial charge >= 0.3 is 6.18 Å². The topological polar surface area (TPSA) is 86.8 Å². The first-order chi connectivity index (χ1) is 21.2. The van der Waals surface area contributed by atoms with Crippen molar-refractivity contribution in [2.24, 2.45) is 0 Å². The Morgan fingerprint density at radius 2 is 1.64 bits per heavy atom. The first kappa shape index (κ1) is 34.6. The van der Waals surface area contributed by atoms with E-state index in [0.29, 0.717) is 15.9 Å². The molecule has 0 bridgehead atoms. The van der Waals surface area contributed by atoms with E-state index in [4.69, 9.17) is 23.2 Å². The summed E-state index contributed by atoms with van der Waals surface area (Å²) in [5, 5.41) is 3.51. The SMILES string of the molecule is CC[C@@H](C(=O)NC1CCCC1)N(Cc1ccc(Cl)c(Cl)c1)C(=O)CN(c1cccc(C(F)(F)F)c1)S(=O)(=O)c1ccc(C)cc1. The van der Waals surface area contributed by atoms with Crippen LogP contribution in [0, 0.1) is 6.92 Å². The summed E-state index contributed by atoms with van der Waals surface area (Å²) in [6, 6.07) is 13.2. The van der Waals surface area contributed by atoms with Crippen molar-refractivity contribution < 1.29 is 31.2 Å². The summed E-state index contributed by atoms with van der Waals surface area (Å²) in [4.78, 5) is 28.8. The molecule has 13 heteroatoms. The Balaban J connectivity index is 1.77. The molecule has 1 fully saturated rings. The zero-order chi connectivity index (χ0) is 32.9. The minimum atomic E-state index is -4.76.